The number of hydrogen-bond donors (Lipinski definition) is 3. The second kappa shape index (κ2) is 5.75. The van der Waals surface area contributed by atoms with E-state index in [2.05, 4.69) is 0 Å². The molecule has 0 bridgehead atoms. The minimum atomic E-state index is -1.31. The first kappa shape index (κ1) is 14.1. The molecule has 0 spiro atoms. The summed E-state index contributed by atoms with van der Waals surface area (Å²) in [5, 5.41) is 29.0. The summed E-state index contributed by atoms with van der Waals surface area (Å²) in [6.07, 6.45) is -5.39. The molecule has 106 valence electrons. The van der Waals surface area contributed by atoms with Gasteiger partial charge in [0.2, 0.25) is 6.29 Å². The van der Waals surface area contributed by atoms with Crippen LogP contribution in [-0.2, 0) is 4.74 Å². The molecule has 0 radical (unpaired) electrons. The van der Waals surface area contributed by atoms with Crippen LogP contribution in [0.3, 0.4) is 0 Å². The molecule has 0 unspecified atom stereocenters. The van der Waals surface area contributed by atoms with Crippen LogP contribution in [0, 0.1) is 0 Å². The smallest absolute Gasteiger partial charge is 0.229 e. The van der Waals surface area contributed by atoms with Crippen molar-refractivity contribution in [3.05, 3.63) is 24.3 Å². The highest BCUT2D eigenvalue weighted by atomic mass is 16.7. The summed E-state index contributed by atoms with van der Waals surface area (Å²) in [5.74, 6) is 1.15. The summed E-state index contributed by atoms with van der Waals surface area (Å²) in [7, 11) is 1.56. The van der Waals surface area contributed by atoms with Crippen LogP contribution < -0.4 is 9.47 Å². The van der Waals surface area contributed by atoms with Crippen LogP contribution in [0.15, 0.2) is 24.3 Å². The molecular formula is C13H18O6. The fourth-order valence-corrected chi connectivity index (χ4v) is 1.90. The van der Waals surface area contributed by atoms with E-state index in [1.54, 1.807) is 38.3 Å². The molecule has 5 atom stereocenters. The molecular weight excluding hydrogens is 252 g/mol. The van der Waals surface area contributed by atoms with Crippen molar-refractivity contribution in [1.82, 2.24) is 0 Å². The van der Waals surface area contributed by atoms with Gasteiger partial charge in [-0.25, -0.2) is 0 Å². The van der Waals surface area contributed by atoms with Gasteiger partial charge in [-0.15, -0.1) is 0 Å². The zero-order valence-electron chi connectivity index (χ0n) is 10.8. The largest absolute Gasteiger partial charge is 0.497 e. The van der Waals surface area contributed by atoms with Crippen LogP contribution in [0.5, 0.6) is 11.5 Å². The molecule has 1 aliphatic rings. The fourth-order valence-electron chi connectivity index (χ4n) is 1.90. The summed E-state index contributed by atoms with van der Waals surface area (Å²) in [5.41, 5.74) is 0. The van der Waals surface area contributed by atoms with Crippen molar-refractivity contribution in [3.63, 3.8) is 0 Å². The van der Waals surface area contributed by atoms with Crippen molar-refractivity contribution in [2.45, 2.75) is 37.6 Å². The second-order valence-corrected chi connectivity index (χ2v) is 4.47. The van der Waals surface area contributed by atoms with Gasteiger partial charge < -0.3 is 29.5 Å². The second-order valence-electron chi connectivity index (χ2n) is 4.47. The number of rotatable bonds is 3. The number of benzene rings is 1. The molecule has 0 saturated carbocycles. The Morgan fingerprint density at radius 3 is 2.11 bits per heavy atom. The maximum atomic E-state index is 9.80. The third-order valence-corrected chi connectivity index (χ3v) is 3.12. The Kier molecular flexibility index (Phi) is 4.26. The van der Waals surface area contributed by atoms with E-state index in [0.29, 0.717) is 11.5 Å². The molecule has 1 saturated heterocycles. The van der Waals surface area contributed by atoms with Crippen LogP contribution in [0.1, 0.15) is 6.92 Å². The van der Waals surface area contributed by atoms with Gasteiger partial charge in [-0.2, -0.15) is 0 Å². The van der Waals surface area contributed by atoms with Gasteiger partial charge >= 0.3 is 0 Å². The third kappa shape index (κ3) is 2.98. The number of aliphatic hydroxyl groups excluding tert-OH is 3. The van der Waals surface area contributed by atoms with E-state index >= 15 is 0 Å². The predicted molar refractivity (Wildman–Crippen MR) is 66.0 cm³/mol. The molecule has 0 aromatic heterocycles. The fraction of sp³-hybridized carbons (Fsp3) is 0.538. The molecule has 1 aromatic rings. The zero-order chi connectivity index (χ0) is 14.0. The SMILES string of the molecule is COc1ccc(O[C@@H]2O[C@@H](C)[C@@H](O)[C@@H](O)[C@@H]2O)cc1. The summed E-state index contributed by atoms with van der Waals surface area (Å²) < 4.78 is 15.8. The van der Waals surface area contributed by atoms with E-state index in [4.69, 9.17) is 14.2 Å². The monoisotopic (exact) mass is 270 g/mol. The molecule has 0 amide bonds. The Morgan fingerprint density at radius 1 is 0.947 bits per heavy atom. The van der Waals surface area contributed by atoms with Gasteiger partial charge in [-0.1, -0.05) is 0 Å². The van der Waals surface area contributed by atoms with Gasteiger partial charge in [-0.3, -0.25) is 0 Å². The number of hydrogen-bond acceptors (Lipinski definition) is 6. The summed E-state index contributed by atoms with van der Waals surface area (Å²) in [4.78, 5) is 0. The standard InChI is InChI=1S/C13H18O6/c1-7-10(14)11(15)12(16)13(18-7)19-9-5-3-8(17-2)4-6-9/h3-7,10-16H,1-2H3/t7-,10+,11+,12-,13-/m0/s1. The predicted octanol–water partition coefficient (Wildman–Crippen LogP) is -0.0985. The molecule has 1 heterocycles. The molecule has 3 N–H and O–H groups in total. The van der Waals surface area contributed by atoms with E-state index in [1.807, 2.05) is 0 Å². The Morgan fingerprint density at radius 2 is 1.53 bits per heavy atom. The quantitative estimate of drug-likeness (QED) is 0.711. The van der Waals surface area contributed by atoms with Crippen molar-refractivity contribution in [2.24, 2.45) is 0 Å². The first-order chi connectivity index (χ1) is 9.02. The number of ether oxygens (including phenoxy) is 3. The average molecular weight is 270 g/mol. The Hall–Kier alpha value is -1.34. The van der Waals surface area contributed by atoms with Crippen LogP contribution >= 0.6 is 0 Å². The first-order valence-electron chi connectivity index (χ1n) is 6.03. The number of aliphatic hydroxyl groups is 3. The molecule has 0 aliphatic carbocycles. The van der Waals surface area contributed by atoms with Crippen molar-refractivity contribution in [2.75, 3.05) is 7.11 Å². The topological polar surface area (TPSA) is 88.4 Å². The molecule has 6 heteroatoms. The first-order valence-corrected chi connectivity index (χ1v) is 6.03. The minimum absolute atomic E-state index is 0.473. The highest BCUT2D eigenvalue weighted by molar-refractivity contribution is 5.31. The van der Waals surface area contributed by atoms with Crippen LogP contribution in [0.25, 0.3) is 0 Å². The van der Waals surface area contributed by atoms with E-state index in [1.165, 1.54) is 0 Å². The van der Waals surface area contributed by atoms with Gasteiger partial charge in [0, 0.05) is 0 Å². The number of methoxy groups -OCH3 is 1. The lowest BCUT2D eigenvalue weighted by Gasteiger charge is -2.38. The van der Waals surface area contributed by atoms with Gasteiger partial charge in [0.05, 0.1) is 13.2 Å². The lowest BCUT2D eigenvalue weighted by atomic mass is 10.00. The zero-order valence-corrected chi connectivity index (χ0v) is 10.8. The van der Waals surface area contributed by atoms with Crippen LogP contribution in [0.2, 0.25) is 0 Å². The van der Waals surface area contributed by atoms with E-state index in [9.17, 15) is 15.3 Å². The maximum Gasteiger partial charge on any atom is 0.229 e. The Labute approximate surface area is 111 Å². The van der Waals surface area contributed by atoms with E-state index < -0.39 is 30.7 Å². The van der Waals surface area contributed by atoms with Crippen LogP contribution in [-0.4, -0.2) is 53.1 Å². The normalized spacial score (nSPS) is 34.9. The minimum Gasteiger partial charge on any atom is -0.497 e. The molecule has 1 aliphatic heterocycles. The highest BCUT2D eigenvalue weighted by Gasteiger charge is 2.43. The van der Waals surface area contributed by atoms with Crippen molar-refractivity contribution >= 4 is 0 Å². The Bertz CT molecular complexity index is 406. The molecule has 1 aromatic carbocycles. The van der Waals surface area contributed by atoms with Gasteiger partial charge in [0.15, 0.2) is 0 Å². The summed E-state index contributed by atoms with van der Waals surface area (Å²) >= 11 is 0. The molecule has 19 heavy (non-hydrogen) atoms. The Balaban J connectivity index is 2.05. The maximum absolute atomic E-state index is 9.80. The van der Waals surface area contributed by atoms with E-state index in [0.717, 1.165) is 0 Å². The van der Waals surface area contributed by atoms with Crippen LogP contribution in [0.4, 0.5) is 0 Å². The molecule has 6 nitrogen and oxygen atoms in total. The molecule has 2 rings (SSSR count). The van der Waals surface area contributed by atoms with Gasteiger partial charge in [0.1, 0.15) is 29.8 Å². The van der Waals surface area contributed by atoms with E-state index in [-0.39, 0.29) is 0 Å². The lowest BCUT2D eigenvalue weighted by Crippen LogP contribution is -2.58. The summed E-state index contributed by atoms with van der Waals surface area (Å²) in [6, 6.07) is 6.74. The van der Waals surface area contributed by atoms with Crippen molar-refractivity contribution in [1.29, 1.82) is 0 Å². The average Bonchev–Trinajstić information content (AvgIpc) is 2.43. The van der Waals surface area contributed by atoms with Gasteiger partial charge in [-0.05, 0) is 31.2 Å². The summed E-state index contributed by atoms with van der Waals surface area (Å²) in [6.45, 7) is 1.60. The van der Waals surface area contributed by atoms with Gasteiger partial charge in [0.25, 0.3) is 0 Å². The molecule has 1 fully saturated rings. The highest BCUT2D eigenvalue weighted by Crippen LogP contribution is 2.25. The van der Waals surface area contributed by atoms with Crippen molar-refractivity contribution < 1.29 is 29.5 Å². The lowest BCUT2D eigenvalue weighted by molar-refractivity contribution is -0.268. The van der Waals surface area contributed by atoms with Crippen molar-refractivity contribution in [3.8, 4) is 11.5 Å². The third-order valence-electron chi connectivity index (χ3n) is 3.12.